The van der Waals surface area contributed by atoms with E-state index in [1.165, 1.54) is 0 Å². The minimum atomic E-state index is -0.898. The molecule has 1 saturated heterocycles. The molecule has 0 bridgehead atoms. The van der Waals surface area contributed by atoms with Crippen molar-refractivity contribution in [1.29, 1.82) is 0 Å². The topological polar surface area (TPSA) is 59.0 Å². The lowest BCUT2D eigenvalue weighted by molar-refractivity contribution is -0.156. The van der Waals surface area contributed by atoms with Crippen LogP contribution in [0.25, 0.3) is 0 Å². The van der Waals surface area contributed by atoms with Gasteiger partial charge in [-0.15, -0.1) is 0 Å². The fourth-order valence-electron chi connectivity index (χ4n) is 2.02. The fraction of sp³-hybridized carbons (Fsp3) is 0.462. The maximum absolute atomic E-state index is 10.9. The number of morpholine rings is 1. The largest absolute Gasteiger partial charge is 0.497 e. The van der Waals surface area contributed by atoms with Gasteiger partial charge in [-0.3, -0.25) is 4.90 Å². The third-order valence-electron chi connectivity index (χ3n) is 2.97. The number of hydrogen-bond acceptors (Lipinski definition) is 4. The molecule has 18 heavy (non-hydrogen) atoms. The van der Waals surface area contributed by atoms with Gasteiger partial charge >= 0.3 is 5.97 Å². The molecule has 0 aliphatic carbocycles. The summed E-state index contributed by atoms with van der Waals surface area (Å²) in [7, 11) is 1.63. The number of aliphatic carboxylic acids is 1. The fourth-order valence-corrected chi connectivity index (χ4v) is 2.02. The van der Waals surface area contributed by atoms with Crippen molar-refractivity contribution < 1.29 is 19.4 Å². The minimum Gasteiger partial charge on any atom is -0.497 e. The van der Waals surface area contributed by atoms with E-state index in [4.69, 9.17) is 14.6 Å². The normalized spacial score (nSPS) is 20.6. The lowest BCUT2D eigenvalue weighted by Gasteiger charge is -2.30. The lowest BCUT2D eigenvalue weighted by Crippen LogP contribution is -2.45. The molecule has 1 heterocycles. The second-order valence-electron chi connectivity index (χ2n) is 4.28. The van der Waals surface area contributed by atoms with Crippen LogP contribution >= 0.6 is 0 Å². The third kappa shape index (κ3) is 3.21. The van der Waals surface area contributed by atoms with Gasteiger partial charge in [0.05, 0.1) is 13.7 Å². The van der Waals surface area contributed by atoms with Crippen LogP contribution in [0.4, 0.5) is 0 Å². The molecule has 2 rings (SSSR count). The zero-order valence-electron chi connectivity index (χ0n) is 10.3. The Hall–Kier alpha value is -1.59. The molecule has 5 nitrogen and oxygen atoms in total. The lowest BCUT2D eigenvalue weighted by atomic mass is 10.2. The van der Waals surface area contributed by atoms with Gasteiger partial charge in [0, 0.05) is 19.6 Å². The highest BCUT2D eigenvalue weighted by Gasteiger charge is 2.25. The standard InChI is InChI=1S/C13H17NO4/c1-17-11-4-2-3-10(7-11)8-14-5-6-18-12(9-14)13(15)16/h2-4,7,12H,5-6,8-9H2,1H3,(H,15,16). The molecule has 0 spiro atoms. The summed E-state index contributed by atoms with van der Waals surface area (Å²) in [5.74, 6) is -0.0825. The number of methoxy groups -OCH3 is 1. The predicted molar refractivity (Wildman–Crippen MR) is 65.6 cm³/mol. The molecule has 1 aromatic carbocycles. The molecule has 5 heteroatoms. The first-order valence-corrected chi connectivity index (χ1v) is 5.89. The van der Waals surface area contributed by atoms with Crippen LogP contribution in [-0.2, 0) is 16.1 Å². The SMILES string of the molecule is COc1cccc(CN2CCOC(C(=O)O)C2)c1. The zero-order valence-corrected chi connectivity index (χ0v) is 10.3. The van der Waals surface area contributed by atoms with E-state index in [2.05, 4.69) is 4.90 Å². The number of ether oxygens (including phenoxy) is 2. The van der Waals surface area contributed by atoms with E-state index in [-0.39, 0.29) is 0 Å². The molecule has 0 saturated carbocycles. The molecule has 1 aliphatic heterocycles. The van der Waals surface area contributed by atoms with Crippen LogP contribution in [0, 0.1) is 0 Å². The van der Waals surface area contributed by atoms with Crippen molar-refractivity contribution in [2.75, 3.05) is 26.8 Å². The Morgan fingerprint density at radius 3 is 3.17 bits per heavy atom. The van der Waals surface area contributed by atoms with Gasteiger partial charge in [-0.1, -0.05) is 12.1 Å². The zero-order chi connectivity index (χ0) is 13.0. The maximum atomic E-state index is 10.9. The highest BCUT2D eigenvalue weighted by atomic mass is 16.5. The Morgan fingerprint density at radius 1 is 1.61 bits per heavy atom. The molecular weight excluding hydrogens is 234 g/mol. The molecule has 98 valence electrons. The monoisotopic (exact) mass is 251 g/mol. The summed E-state index contributed by atoms with van der Waals surface area (Å²) in [5, 5.41) is 8.93. The summed E-state index contributed by atoms with van der Waals surface area (Å²) >= 11 is 0. The molecule has 1 atom stereocenters. The van der Waals surface area contributed by atoms with E-state index in [0.717, 1.165) is 17.9 Å². The summed E-state index contributed by atoms with van der Waals surface area (Å²) in [4.78, 5) is 13.0. The van der Waals surface area contributed by atoms with Gasteiger partial charge in [0.25, 0.3) is 0 Å². The first kappa shape index (κ1) is 12.9. The number of hydrogen-bond donors (Lipinski definition) is 1. The minimum absolute atomic E-state index is 0.423. The van der Waals surface area contributed by atoms with Crippen LogP contribution in [0.3, 0.4) is 0 Å². The Balaban J connectivity index is 1.97. The Labute approximate surface area is 106 Å². The van der Waals surface area contributed by atoms with Crippen LogP contribution in [0.1, 0.15) is 5.56 Å². The van der Waals surface area contributed by atoms with Crippen molar-refractivity contribution in [2.24, 2.45) is 0 Å². The van der Waals surface area contributed by atoms with E-state index < -0.39 is 12.1 Å². The molecule has 1 unspecified atom stereocenters. The molecule has 1 fully saturated rings. The van der Waals surface area contributed by atoms with Crippen molar-refractivity contribution in [3.63, 3.8) is 0 Å². The van der Waals surface area contributed by atoms with Gasteiger partial charge in [0.2, 0.25) is 0 Å². The first-order valence-electron chi connectivity index (χ1n) is 5.89. The van der Waals surface area contributed by atoms with Gasteiger partial charge in [-0.05, 0) is 17.7 Å². The van der Waals surface area contributed by atoms with Crippen molar-refractivity contribution in [2.45, 2.75) is 12.6 Å². The number of benzene rings is 1. The second kappa shape index (κ2) is 5.84. The van der Waals surface area contributed by atoms with E-state index in [0.29, 0.717) is 19.7 Å². The summed E-state index contributed by atoms with van der Waals surface area (Å²) < 4.78 is 10.4. The maximum Gasteiger partial charge on any atom is 0.334 e. The third-order valence-corrected chi connectivity index (χ3v) is 2.97. The number of rotatable bonds is 4. The summed E-state index contributed by atoms with van der Waals surface area (Å²) in [6.45, 7) is 2.35. The quantitative estimate of drug-likeness (QED) is 0.864. The second-order valence-corrected chi connectivity index (χ2v) is 4.28. The highest BCUT2D eigenvalue weighted by molar-refractivity contribution is 5.72. The van der Waals surface area contributed by atoms with Gasteiger partial charge in [-0.25, -0.2) is 4.79 Å². The van der Waals surface area contributed by atoms with Crippen molar-refractivity contribution in [1.82, 2.24) is 4.90 Å². The Morgan fingerprint density at radius 2 is 2.44 bits per heavy atom. The van der Waals surface area contributed by atoms with Crippen LogP contribution in [0.5, 0.6) is 5.75 Å². The molecular formula is C13H17NO4. The highest BCUT2D eigenvalue weighted by Crippen LogP contribution is 2.16. The van der Waals surface area contributed by atoms with Gasteiger partial charge in [-0.2, -0.15) is 0 Å². The van der Waals surface area contributed by atoms with Gasteiger partial charge in [0.1, 0.15) is 5.75 Å². The smallest absolute Gasteiger partial charge is 0.334 e. The average molecular weight is 251 g/mol. The van der Waals surface area contributed by atoms with Crippen molar-refractivity contribution in [3.05, 3.63) is 29.8 Å². The van der Waals surface area contributed by atoms with Crippen molar-refractivity contribution in [3.8, 4) is 5.75 Å². The summed E-state index contributed by atoms with van der Waals surface area (Å²) in [5.41, 5.74) is 1.11. The van der Waals surface area contributed by atoms with E-state index in [1.807, 2.05) is 24.3 Å². The van der Waals surface area contributed by atoms with E-state index in [9.17, 15) is 4.79 Å². The van der Waals surface area contributed by atoms with Crippen molar-refractivity contribution >= 4 is 5.97 Å². The number of nitrogens with zero attached hydrogens (tertiary/aromatic N) is 1. The Bertz CT molecular complexity index is 421. The molecule has 1 N–H and O–H groups in total. The number of carboxylic acid groups (broad SMARTS) is 1. The van der Waals surface area contributed by atoms with Gasteiger partial charge < -0.3 is 14.6 Å². The molecule has 1 aromatic rings. The predicted octanol–water partition coefficient (Wildman–Crippen LogP) is 0.981. The first-order chi connectivity index (χ1) is 8.69. The summed E-state index contributed by atoms with van der Waals surface area (Å²) in [6, 6.07) is 7.80. The average Bonchev–Trinajstić information content (AvgIpc) is 2.39. The van der Waals surface area contributed by atoms with Gasteiger partial charge in [0.15, 0.2) is 6.10 Å². The molecule has 1 aliphatic rings. The summed E-state index contributed by atoms with van der Waals surface area (Å²) in [6.07, 6.45) is -0.718. The molecule has 0 aromatic heterocycles. The van der Waals surface area contributed by atoms with Crippen LogP contribution in [0.15, 0.2) is 24.3 Å². The molecule has 0 amide bonds. The van der Waals surface area contributed by atoms with E-state index >= 15 is 0 Å². The Kier molecular flexibility index (Phi) is 4.17. The number of carbonyl (C=O) groups is 1. The van der Waals surface area contributed by atoms with E-state index in [1.54, 1.807) is 7.11 Å². The van der Waals surface area contributed by atoms with Crippen LogP contribution in [-0.4, -0.2) is 48.9 Å². The van der Waals surface area contributed by atoms with Crippen LogP contribution < -0.4 is 4.74 Å². The number of carboxylic acids is 1. The molecule has 0 radical (unpaired) electrons. The van der Waals surface area contributed by atoms with Crippen LogP contribution in [0.2, 0.25) is 0 Å².